The van der Waals surface area contributed by atoms with E-state index in [-0.39, 0.29) is 0 Å². The number of ketones is 1. The monoisotopic (exact) mass is 258 g/mol. The number of fused-ring (bicyclic) bond motifs is 4. The molecule has 0 bridgehead atoms. The van der Waals surface area contributed by atoms with Gasteiger partial charge in [0.25, 0.3) is 0 Å². The second-order valence-corrected chi connectivity index (χ2v) is 7.83. The predicted molar refractivity (Wildman–Crippen MR) is 76.8 cm³/mol. The molecule has 0 aliphatic heterocycles. The summed E-state index contributed by atoms with van der Waals surface area (Å²) >= 11 is 0. The highest BCUT2D eigenvalue weighted by Gasteiger charge is 2.49. The average Bonchev–Trinajstić information content (AvgIpc) is 2.79. The van der Waals surface area contributed by atoms with Gasteiger partial charge in [0.15, 0.2) is 0 Å². The molecule has 0 spiro atoms. The van der Waals surface area contributed by atoms with Gasteiger partial charge in [-0.2, -0.15) is 0 Å². The lowest BCUT2D eigenvalue weighted by Gasteiger charge is -2.48. The first-order valence-electron chi connectivity index (χ1n) is 8.41. The van der Waals surface area contributed by atoms with Gasteiger partial charge >= 0.3 is 0 Å². The van der Waals surface area contributed by atoms with Crippen molar-refractivity contribution in [3.63, 3.8) is 0 Å². The van der Waals surface area contributed by atoms with Gasteiger partial charge in [-0.3, -0.25) is 4.79 Å². The maximum atomic E-state index is 11.7. The molecule has 4 rings (SSSR count). The van der Waals surface area contributed by atoms with Gasteiger partial charge in [-0.25, -0.2) is 0 Å². The van der Waals surface area contributed by atoms with Crippen LogP contribution in [0.1, 0.15) is 71.1 Å². The quantitative estimate of drug-likeness (QED) is 0.577. The molecule has 4 aliphatic rings. The Kier molecular flexibility index (Phi) is 2.69. The molecule has 3 saturated carbocycles. The minimum Gasteiger partial charge on any atom is -0.300 e. The minimum atomic E-state index is 0.523. The van der Waals surface area contributed by atoms with E-state index in [1.165, 1.54) is 44.9 Å². The van der Waals surface area contributed by atoms with Gasteiger partial charge in [0.1, 0.15) is 5.78 Å². The molecule has 0 amide bonds. The van der Waals surface area contributed by atoms with Crippen molar-refractivity contribution in [1.82, 2.24) is 0 Å². The highest BCUT2D eigenvalue weighted by atomic mass is 16.1. The molecule has 19 heavy (non-hydrogen) atoms. The standard InChI is InChI=1S/C18H26O/c1-18-9-2-3-17(18)16-6-4-12-11-13(19)5-7-14(12)15(16)8-10-18/h12,16-17H,2-11H2,1H3/t12-,16-,17+,18+/m1/s1. The summed E-state index contributed by atoms with van der Waals surface area (Å²) in [6.07, 6.45) is 12.7. The van der Waals surface area contributed by atoms with E-state index in [1.54, 1.807) is 5.57 Å². The molecular formula is C18H26O. The number of rotatable bonds is 0. The van der Waals surface area contributed by atoms with E-state index in [1.807, 2.05) is 5.57 Å². The molecule has 0 N–H and O–H groups in total. The topological polar surface area (TPSA) is 17.1 Å². The fourth-order valence-electron chi connectivity index (χ4n) is 5.94. The molecule has 104 valence electrons. The number of carbonyl (C=O) groups excluding carboxylic acids is 1. The highest BCUT2D eigenvalue weighted by molar-refractivity contribution is 5.80. The average molecular weight is 258 g/mol. The maximum Gasteiger partial charge on any atom is 0.133 e. The third kappa shape index (κ3) is 1.76. The van der Waals surface area contributed by atoms with E-state index in [4.69, 9.17) is 0 Å². The van der Waals surface area contributed by atoms with Crippen molar-refractivity contribution in [3.8, 4) is 0 Å². The van der Waals surface area contributed by atoms with E-state index in [0.29, 0.717) is 17.1 Å². The fraction of sp³-hybridized carbons (Fsp3) is 0.833. The van der Waals surface area contributed by atoms with Crippen molar-refractivity contribution in [3.05, 3.63) is 11.1 Å². The second-order valence-electron chi connectivity index (χ2n) is 7.83. The second kappa shape index (κ2) is 4.20. The van der Waals surface area contributed by atoms with E-state index >= 15 is 0 Å². The summed E-state index contributed by atoms with van der Waals surface area (Å²) in [4.78, 5) is 11.7. The number of Topliss-reactive ketones (excluding diaryl/α,β-unsaturated/α-hetero) is 1. The number of carbonyl (C=O) groups is 1. The van der Waals surface area contributed by atoms with Crippen LogP contribution in [-0.4, -0.2) is 5.78 Å². The van der Waals surface area contributed by atoms with Crippen molar-refractivity contribution in [1.29, 1.82) is 0 Å². The van der Waals surface area contributed by atoms with E-state index in [2.05, 4.69) is 6.92 Å². The van der Waals surface area contributed by atoms with Crippen LogP contribution in [0.4, 0.5) is 0 Å². The Bertz CT molecular complexity index is 447. The Balaban J connectivity index is 1.69. The van der Waals surface area contributed by atoms with Crippen LogP contribution in [0.15, 0.2) is 11.1 Å². The van der Waals surface area contributed by atoms with Crippen LogP contribution in [0.3, 0.4) is 0 Å². The lowest BCUT2D eigenvalue weighted by atomic mass is 9.56. The Hall–Kier alpha value is -0.590. The van der Waals surface area contributed by atoms with Gasteiger partial charge in [-0.1, -0.05) is 24.5 Å². The summed E-state index contributed by atoms with van der Waals surface area (Å²) in [5.41, 5.74) is 4.25. The Morgan fingerprint density at radius 1 is 1.00 bits per heavy atom. The zero-order valence-electron chi connectivity index (χ0n) is 12.2. The summed E-state index contributed by atoms with van der Waals surface area (Å²) < 4.78 is 0. The Morgan fingerprint density at radius 3 is 2.79 bits per heavy atom. The van der Waals surface area contributed by atoms with Crippen molar-refractivity contribution in [2.45, 2.75) is 71.1 Å². The molecule has 1 nitrogen and oxygen atoms in total. The van der Waals surface area contributed by atoms with Crippen LogP contribution in [-0.2, 0) is 4.79 Å². The molecule has 0 aromatic rings. The zero-order chi connectivity index (χ0) is 13.0. The van der Waals surface area contributed by atoms with Crippen molar-refractivity contribution in [2.75, 3.05) is 0 Å². The molecule has 0 aromatic heterocycles. The summed E-state index contributed by atoms with van der Waals surface area (Å²) in [6, 6.07) is 0. The zero-order valence-corrected chi connectivity index (χ0v) is 12.2. The van der Waals surface area contributed by atoms with Gasteiger partial charge in [0, 0.05) is 12.8 Å². The fourth-order valence-corrected chi connectivity index (χ4v) is 5.94. The SMILES string of the molecule is C[C@@]12CCC[C@H]1[C@@H]1CC[C@@H]3CC(=O)CCC3=C1CC2. The smallest absolute Gasteiger partial charge is 0.133 e. The molecule has 1 heteroatoms. The van der Waals surface area contributed by atoms with E-state index in [0.717, 1.165) is 31.1 Å². The molecule has 4 atom stereocenters. The molecule has 0 saturated heterocycles. The largest absolute Gasteiger partial charge is 0.300 e. The van der Waals surface area contributed by atoms with Crippen LogP contribution >= 0.6 is 0 Å². The summed E-state index contributed by atoms with van der Waals surface area (Å²) in [5.74, 6) is 3.05. The molecule has 0 radical (unpaired) electrons. The minimum absolute atomic E-state index is 0.523. The third-order valence-corrected chi connectivity index (χ3v) is 6.94. The van der Waals surface area contributed by atoms with Gasteiger partial charge in [0.05, 0.1) is 0 Å². The first-order valence-corrected chi connectivity index (χ1v) is 8.41. The summed E-state index contributed by atoms with van der Waals surface area (Å²) in [5, 5.41) is 0. The first-order chi connectivity index (χ1) is 9.17. The molecular weight excluding hydrogens is 232 g/mol. The molecule has 0 unspecified atom stereocenters. The molecule has 4 aliphatic carbocycles. The predicted octanol–water partition coefficient (Wildman–Crippen LogP) is 4.66. The van der Waals surface area contributed by atoms with Crippen molar-refractivity contribution in [2.24, 2.45) is 23.2 Å². The van der Waals surface area contributed by atoms with E-state index in [9.17, 15) is 4.79 Å². The molecule has 3 fully saturated rings. The van der Waals surface area contributed by atoms with Crippen molar-refractivity contribution < 1.29 is 4.79 Å². The first kappa shape index (κ1) is 12.2. The molecule has 0 aromatic carbocycles. The van der Waals surface area contributed by atoms with Gasteiger partial charge in [-0.15, -0.1) is 0 Å². The summed E-state index contributed by atoms with van der Waals surface area (Å²) in [7, 11) is 0. The van der Waals surface area contributed by atoms with Crippen LogP contribution in [0.25, 0.3) is 0 Å². The van der Waals surface area contributed by atoms with Crippen LogP contribution in [0.5, 0.6) is 0 Å². The maximum absolute atomic E-state index is 11.7. The van der Waals surface area contributed by atoms with Gasteiger partial charge in [0.2, 0.25) is 0 Å². The van der Waals surface area contributed by atoms with Gasteiger partial charge in [-0.05, 0) is 68.1 Å². The Labute approximate surface area is 116 Å². The molecule has 0 heterocycles. The van der Waals surface area contributed by atoms with Crippen LogP contribution in [0.2, 0.25) is 0 Å². The van der Waals surface area contributed by atoms with Gasteiger partial charge < -0.3 is 0 Å². The number of allylic oxidation sites excluding steroid dienone is 2. The normalized spacial score (nSPS) is 45.7. The van der Waals surface area contributed by atoms with Crippen LogP contribution < -0.4 is 0 Å². The van der Waals surface area contributed by atoms with Crippen molar-refractivity contribution >= 4 is 5.78 Å². The lowest BCUT2D eigenvalue weighted by molar-refractivity contribution is -0.120. The highest BCUT2D eigenvalue weighted by Crippen LogP contribution is 2.60. The third-order valence-electron chi connectivity index (χ3n) is 6.94. The van der Waals surface area contributed by atoms with Crippen LogP contribution in [0, 0.1) is 23.2 Å². The summed E-state index contributed by atoms with van der Waals surface area (Å²) in [6.45, 7) is 2.56. The number of hydrogen-bond acceptors (Lipinski definition) is 1. The Morgan fingerprint density at radius 2 is 1.89 bits per heavy atom. The number of hydrogen-bond donors (Lipinski definition) is 0. The van der Waals surface area contributed by atoms with E-state index < -0.39 is 0 Å². The lowest BCUT2D eigenvalue weighted by Crippen LogP contribution is -2.38.